The van der Waals surface area contributed by atoms with E-state index in [0.29, 0.717) is 12.3 Å². The van der Waals surface area contributed by atoms with Crippen LogP contribution in [0.5, 0.6) is 0 Å². The van der Waals surface area contributed by atoms with Crippen LogP contribution >= 0.6 is 34.8 Å². The molecule has 0 bridgehead atoms. The number of nitrogens with two attached hydrogens (primary N) is 1. The van der Waals surface area contributed by atoms with Gasteiger partial charge in [0.2, 0.25) is 5.82 Å². The van der Waals surface area contributed by atoms with Crippen LogP contribution in [0.1, 0.15) is 38.2 Å². The van der Waals surface area contributed by atoms with Gasteiger partial charge in [0, 0.05) is 0 Å². The van der Waals surface area contributed by atoms with Gasteiger partial charge in [-0.05, 0) is 19.0 Å². The standard InChI is InChI=1S/C12H3Cl3F6N4O3.C6H15N/c13-4-1-3(11(16,17)18)6(14)7(15)8(4)24-9(5(2-22-24)25(27)28)23-10(26)12(19,20)21;1-2-3-4-5-6-7/h1-2H,(H,23,26);2-7H2,1H3. The maximum atomic E-state index is 12.9. The molecule has 0 saturated carbocycles. The van der Waals surface area contributed by atoms with E-state index < -0.39 is 61.0 Å². The van der Waals surface area contributed by atoms with Crippen molar-refractivity contribution in [1.82, 2.24) is 9.78 Å². The lowest BCUT2D eigenvalue weighted by atomic mass is 10.2. The lowest BCUT2D eigenvalue weighted by molar-refractivity contribution is -0.384. The molecule has 8 nitrogen and oxygen atoms in total. The first kappa shape index (κ1) is 30.7. The van der Waals surface area contributed by atoms with E-state index in [1.807, 2.05) is 0 Å². The zero-order valence-electron chi connectivity index (χ0n) is 17.7. The van der Waals surface area contributed by atoms with E-state index in [0.717, 1.165) is 6.54 Å². The van der Waals surface area contributed by atoms with Gasteiger partial charge in [-0.2, -0.15) is 31.4 Å². The van der Waals surface area contributed by atoms with Crippen LogP contribution < -0.4 is 11.1 Å². The number of amides is 1. The van der Waals surface area contributed by atoms with Crippen LogP contribution in [0.2, 0.25) is 15.1 Å². The summed E-state index contributed by atoms with van der Waals surface area (Å²) in [6.45, 7) is 3.07. The molecule has 0 aliphatic carbocycles. The van der Waals surface area contributed by atoms with Gasteiger partial charge in [0.15, 0.2) is 0 Å². The van der Waals surface area contributed by atoms with Gasteiger partial charge in [-0.15, -0.1) is 0 Å². The molecule has 35 heavy (non-hydrogen) atoms. The number of hydrogen-bond acceptors (Lipinski definition) is 5. The topological polar surface area (TPSA) is 116 Å². The van der Waals surface area contributed by atoms with Crippen molar-refractivity contribution < 1.29 is 36.1 Å². The summed E-state index contributed by atoms with van der Waals surface area (Å²) in [5, 5.41) is 12.8. The summed E-state index contributed by atoms with van der Waals surface area (Å²) in [5.74, 6) is -3.76. The highest BCUT2D eigenvalue weighted by Crippen LogP contribution is 2.45. The number of nitrogens with one attached hydrogen (secondary N) is 1. The minimum absolute atomic E-state index is 0.262. The van der Waals surface area contributed by atoms with Crippen molar-refractivity contribution in [3.8, 4) is 5.69 Å². The molecule has 0 aliphatic heterocycles. The molecule has 196 valence electrons. The molecule has 2 rings (SSSR count). The van der Waals surface area contributed by atoms with Crippen molar-refractivity contribution in [3.05, 3.63) is 43.0 Å². The second-order valence-corrected chi connectivity index (χ2v) is 7.89. The summed E-state index contributed by atoms with van der Waals surface area (Å²) < 4.78 is 76.6. The summed E-state index contributed by atoms with van der Waals surface area (Å²) in [6, 6.07) is 0.300. The van der Waals surface area contributed by atoms with E-state index in [9.17, 15) is 41.3 Å². The molecule has 2 aromatic rings. The SMILES string of the molecule is CCCCCCN.O=C(Nc1c([N+](=O)[O-])cnn1-c1c(Cl)cc(C(F)(F)F)c(Cl)c1Cl)C(F)(F)F. The highest BCUT2D eigenvalue weighted by atomic mass is 35.5. The number of benzene rings is 1. The Morgan fingerprint density at radius 1 is 1.14 bits per heavy atom. The maximum absolute atomic E-state index is 12.9. The molecule has 17 heteroatoms. The van der Waals surface area contributed by atoms with Crippen molar-refractivity contribution in [2.24, 2.45) is 5.73 Å². The number of nitro groups is 1. The highest BCUT2D eigenvalue weighted by Gasteiger charge is 2.41. The van der Waals surface area contributed by atoms with Crippen LogP contribution in [0.25, 0.3) is 5.69 Å². The number of alkyl halides is 6. The molecule has 0 aliphatic rings. The largest absolute Gasteiger partial charge is 0.471 e. The molecule has 3 N–H and O–H groups in total. The minimum atomic E-state index is -5.44. The Morgan fingerprint density at radius 2 is 1.74 bits per heavy atom. The molecule has 0 atom stereocenters. The fourth-order valence-corrected chi connectivity index (χ4v) is 3.36. The van der Waals surface area contributed by atoms with Crippen LogP contribution in [0.4, 0.5) is 37.8 Å². The van der Waals surface area contributed by atoms with E-state index in [1.54, 1.807) is 0 Å². The van der Waals surface area contributed by atoms with Gasteiger partial charge in [-0.25, -0.2) is 4.68 Å². The summed E-state index contributed by atoms with van der Waals surface area (Å²) in [7, 11) is 0. The summed E-state index contributed by atoms with van der Waals surface area (Å²) >= 11 is 17.0. The van der Waals surface area contributed by atoms with Crippen LogP contribution in [0.3, 0.4) is 0 Å². The van der Waals surface area contributed by atoms with E-state index in [2.05, 4.69) is 12.0 Å². The van der Waals surface area contributed by atoms with Gasteiger partial charge in [0.1, 0.15) is 11.9 Å². The van der Waals surface area contributed by atoms with Gasteiger partial charge in [0.25, 0.3) is 0 Å². The monoisotopic (exact) mass is 571 g/mol. The van der Waals surface area contributed by atoms with E-state index in [1.165, 1.54) is 31.0 Å². The molecule has 0 spiro atoms. The van der Waals surface area contributed by atoms with Gasteiger partial charge in [-0.1, -0.05) is 61.0 Å². The third-order valence-electron chi connectivity index (χ3n) is 4.15. The number of hydrogen-bond donors (Lipinski definition) is 2. The number of aromatic nitrogens is 2. The summed E-state index contributed by atoms with van der Waals surface area (Å²) in [4.78, 5) is 21.0. The molecule has 1 amide bonds. The van der Waals surface area contributed by atoms with Crippen LogP contribution in [-0.4, -0.2) is 33.3 Å². The van der Waals surface area contributed by atoms with Gasteiger partial charge < -0.3 is 5.73 Å². The predicted octanol–water partition coefficient (Wildman–Crippen LogP) is 6.79. The lowest BCUT2D eigenvalue weighted by Crippen LogP contribution is -2.31. The zero-order valence-corrected chi connectivity index (χ0v) is 20.0. The lowest BCUT2D eigenvalue weighted by Gasteiger charge is -2.16. The number of halogens is 9. The fraction of sp³-hybridized carbons (Fsp3) is 0.444. The Bertz CT molecular complexity index is 1060. The van der Waals surface area contributed by atoms with E-state index >= 15 is 0 Å². The molecule has 0 unspecified atom stereocenters. The Balaban J connectivity index is 0.000000762. The van der Waals surface area contributed by atoms with E-state index in [4.69, 9.17) is 40.5 Å². The highest BCUT2D eigenvalue weighted by molar-refractivity contribution is 6.45. The normalized spacial score (nSPS) is 11.6. The number of anilines is 1. The third-order valence-corrected chi connectivity index (χ3v) is 5.29. The van der Waals surface area contributed by atoms with Crippen molar-refractivity contribution in [1.29, 1.82) is 0 Å². The predicted molar refractivity (Wildman–Crippen MR) is 118 cm³/mol. The summed E-state index contributed by atoms with van der Waals surface area (Å²) in [6.07, 6.45) is -4.82. The van der Waals surface area contributed by atoms with Crippen LogP contribution in [-0.2, 0) is 11.0 Å². The minimum Gasteiger partial charge on any atom is -0.330 e. The van der Waals surface area contributed by atoms with E-state index in [-0.39, 0.29) is 4.68 Å². The molecule has 0 fully saturated rings. The van der Waals surface area contributed by atoms with Gasteiger partial charge in [0.05, 0.1) is 25.6 Å². The number of rotatable bonds is 7. The Labute approximate surface area is 209 Å². The molecule has 1 aromatic heterocycles. The number of carbonyl (C=O) groups is 1. The quantitative estimate of drug-likeness (QED) is 0.125. The summed E-state index contributed by atoms with van der Waals surface area (Å²) in [5.41, 5.74) is 1.98. The van der Waals surface area contributed by atoms with Crippen molar-refractivity contribution >= 4 is 52.2 Å². The Morgan fingerprint density at radius 3 is 2.20 bits per heavy atom. The second-order valence-electron chi connectivity index (χ2n) is 6.73. The molecular formula is C18H18Cl3F6N5O3. The first-order chi connectivity index (χ1) is 16.1. The average Bonchev–Trinajstić information content (AvgIpc) is 3.13. The van der Waals surface area contributed by atoms with Gasteiger partial charge in [-0.3, -0.25) is 20.2 Å². The number of carbonyl (C=O) groups excluding carboxylic acids is 1. The Hall–Kier alpha value is -2.29. The average molecular weight is 573 g/mol. The van der Waals surface area contributed by atoms with Gasteiger partial charge >= 0.3 is 23.9 Å². The van der Waals surface area contributed by atoms with Crippen molar-refractivity contribution in [2.45, 2.75) is 45.0 Å². The van der Waals surface area contributed by atoms with Crippen LogP contribution in [0, 0.1) is 10.1 Å². The maximum Gasteiger partial charge on any atom is 0.471 e. The number of unbranched alkanes of at least 4 members (excludes halogenated alkanes) is 3. The first-order valence-electron chi connectivity index (χ1n) is 9.63. The first-order valence-corrected chi connectivity index (χ1v) is 10.8. The molecular weight excluding hydrogens is 555 g/mol. The molecule has 1 heterocycles. The molecule has 0 radical (unpaired) electrons. The molecule has 0 saturated heterocycles. The number of nitrogens with zero attached hydrogens (tertiary/aromatic N) is 3. The van der Waals surface area contributed by atoms with Crippen molar-refractivity contribution in [3.63, 3.8) is 0 Å². The Kier molecular flexibility index (Phi) is 11.1. The van der Waals surface area contributed by atoms with Crippen molar-refractivity contribution in [2.75, 3.05) is 11.9 Å². The second kappa shape index (κ2) is 12.6. The fourth-order valence-electron chi connectivity index (χ4n) is 2.50. The third kappa shape index (κ3) is 8.12. The van der Waals surface area contributed by atoms with Crippen LogP contribution in [0.15, 0.2) is 12.3 Å². The smallest absolute Gasteiger partial charge is 0.330 e. The zero-order chi connectivity index (χ0) is 27.1. The molecule has 1 aromatic carbocycles.